The Morgan fingerprint density at radius 2 is 2.17 bits per heavy atom. The van der Waals surface area contributed by atoms with Gasteiger partial charge in [-0.15, -0.1) is 0 Å². The maximum absolute atomic E-state index is 5.98. The fraction of sp³-hybridized carbons (Fsp3) is 1.00. The van der Waals surface area contributed by atoms with Gasteiger partial charge >= 0.3 is 0 Å². The van der Waals surface area contributed by atoms with Gasteiger partial charge in [0.1, 0.15) is 0 Å². The first-order valence-corrected chi connectivity index (χ1v) is 7.82. The molecule has 3 unspecified atom stereocenters. The third kappa shape index (κ3) is 4.87. The molecule has 1 saturated heterocycles. The van der Waals surface area contributed by atoms with Crippen molar-refractivity contribution in [3.63, 3.8) is 0 Å². The summed E-state index contributed by atoms with van der Waals surface area (Å²) in [4.78, 5) is 0. The number of nitrogens with one attached hydrogen (secondary N) is 1. The Labute approximate surface area is 112 Å². The highest BCUT2D eigenvalue weighted by Gasteiger charge is 2.21. The summed E-state index contributed by atoms with van der Waals surface area (Å²) in [5, 5.41) is 3.44. The molecular weight excluding hydrogens is 226 g/mol. The summed E-state index contributed by atoms with van der Waals surface area (Å²) in [7, 11) is 0. The van der Waals surface area contributed by atoms with Crippen LogP contribution >= 0.6 is 0 Å². The zero-order valence-electron chi connectivity index (χ0n) is 11.8. The predicted octanol–water partition coefficient (Wildman–Crippen LogP) is 2.74. The number of rotatable bonds is 7. The van der Waals surface area contributed by atoms with Crippen molar-refractivity contribution in [1.82, 2.24) is 5.32 Å². The van der Waals surface area contributed by atoms with Crippen molar-refractivity contribution in [2.45, 2.75) is 64.1 Å². The van der Waals surface area contributed by atoms with Crippen LogP contribution in [-0.2, 0) is 9.47 Å². The lowest BCUT2D eigenvalue weighted by molar-refractivity contribution is 0.0130. The van der Waals surface area contributed by atoms with Crippen LogP contribution in [0.5, 0.6) is 0 Å². The third-order valence-corrected chi connectivity index (χ3v) is 4.34. The van der Waals surface area contributed by atoms with Gasteiger partial charge in [-0.3, -0.25) is 0 Å². The molecule has 0 aromatic heterocycles. The molecule has 2 fully saturated rings. The molecule has 3 atom stereocenters. The fourth-order valence-electron chi connectivity index (χ4n) is 3.13. The number of hydrogen-bond donors (Lipinski definition) is 1. The highest BCUT2D eigenvalue weighted by atomic mass is 16.5. The van der Waals surface area contributed by atoms with Crippen molar-refractivity contribution in [3.8, 4) is 0 Å². The normalized spacial score (nSPS) is 32.8. The van der Waals surface area contributed by atoms with E-state index < -0.39 is 0 Å². The van der Waals surface area contributed by atoms with Crippen molar-refractivity contribution >= 4 is 0 Å². The zero-order valence-corrected chi connectivity index (χ0v) is 11.8. The molecule has 1 saturated carbocycles. The van der Waals surface area contributed by atoms with Crippen LogP contribution in [0.15, 0.2) is 0 Å². The average molecular weight is 255 g/mol. The summed E-state index contributed by atoms with van der Waals surface area (Å²) in [6.07, 6.45) is 10.0. The molecule has 106 valence electrons. The van der Waals surface area contributed by atoms with Crippen molar-refractivity contribution in [1.29, 1.82) is 0 Å². The Balaban J connectivity index is 1.47. The lowest BCUT2D eigenvalue weighted by Gasteiger charge is -2.28. The Bertz CT molecular complexity index is 217. The molecule has 0 aromatic rings. The van der Waals surface area contributed by atoms with Gasteiger partial charge in [-0.25, -0.2) is 0 Å². The Morgan fingerprint density at radius 3 is 2.94 bits per heavy atom. The van der Waals surface area contributed by atoms with Crippen molar-refractivity contribution in [3.05, 3.63) is 0 Å². The first-order chi connectivity index (χ1) is 8.88. The third-order valence-electron chi connectivity index (χ3n) is 4.34. The Kier molecular flexibility index (Phi) is 6.46. The summed E-state index contributed by atoms with van der Waals surface area (Å²) < 4.78 is 11.6. The van der Waals surface area contributed by atoms with Crippen LogP contribution in [0.1, 0.15) is 51.9 Å². The van der Waals surface area contributed by atoms with E-state index in [9.17, 15) is 0 Å². The van der Waals surface area contributed by atoms with E-state index in [2.05, 4.69) is 12.2 Å². The lowest BCUT2D eigenvalue weighted by Crippen LogP contribution is -2.31. The number of ether oxygens (including phenoxy) is 2. The molecule has 18 heavy (non-hydrogen) atoms. The predicted molar refractivity (Wildman–Crippen MR) is 73.8 cm³/mol. The second-order valence-corrected chi connectivity index (χ2v) is 5.77. The molecule has 1 aliphatic heterocycles. The van der Waals surface area contributed by atoms with Crippen LogP contribution in [0.2, 0.25) is 0 Å². The van der Waals surface area contributed by atoms with E-state index in [4.69, 9.17) is 9.47 Å². The molecule has 1 heterocycles. The number of hydrogen-bond acceptors (Lipinski definition) is 3. The Morgan fingerprint density at radius 1 is 1.22 bits per heavy atom. The average Bonchev–Trinajstić information content (AvgIpc) is 2.92. The van der Waals surface area contributed by atoms with Gasteiger partial charge in [0.25, 0.3) is 0 Å². The maximum atomic E-state index is 5.98. The smallest absolute Gasteiger partial charge is 0.0700 e. The highest BCUT2D eigenvalue weighted by molar-refractivity contribution is 4.73. The van der Waals surface area contributed by atoms with E-state index in [1.165, 1.54) is 44.9 Å². The monoisotopic (exact) mass is 255 g/mol. The topological polar surface area (TPSA) is 30.5 Å². The van der Waals surface area contributed by atoms with Crippen molar-refractivity contribution < 1.29 is 9.47 Å². The first-order valence-electron chi connectivity index (χ1n) is 7.82. The van der Waals surface area contributed by atoms with Crippen LogP contribution in [0, 0.1) is 5.92 Å². The minimum absolute atomic E-state index is 0.448. The molecule has 1 aliphatic carbocycles. The van der Waals surface area contributed by atoms with E-state index in [1.807, 2.05) is 0 Å². The van der Waals surface area contributed by atoms with Gasteiger partial charge in [-0.05, 0) is 31.6 Å². The largest absolute Gasteiger partial charge is 0.377 e. The van der Waals surface area contributed by atoms with E-state index in [1.54, 1.807) is 0 Å². The molecule has 2 aliphatic rings. The molecule has 2 rings (SSSR count). The zero-order chi connectivity index (χ0) is 12.6. The standard InChI is InChI=1S/C15H29NO2/c1-2-13-5-3-6-14(11-13)18-10-8-16-12-15-7-4-9-17-15/h13-16H,2-12H2,1H3. The van der Waals surface area contributed by atoms with Gasteiger partial charge in [0.15, 0.2) is 0 Å². The maximum Gasteiger partial charge on any atom is 0.0700 e. The van der Waals surface area contributed by atoms with Gasteiger partial charge in [-0.2, -0.15) is 0 Å². The molecule has 0 aromatic carbocycles. The minimum atomic E-state index is 0.448. The molecule has 3 heteroatoms. The molecule has 3 nitrogen and oxygen atoms in total. The molecule has 0 amide bonds. The van der Waals surface area contributed by atoms with Crippen molar-refractivity contribution in [2.75, 3.05) is 26.3 Å². The fourth-order valence-corrected chi connectivity index (χ4v) is 3.13. The molecule has 0 bridgehead atoms. The van der Waals surface area contributed by atoms with E-state index in [-0.39, 0.29) is 0 Å². The molecular formula is C15H29NO2. The van der Waals surface area contributed by atoms with E-state index in [0.717, 1.165) is 32.2 Å². The molecule has 0 radical (unpaired) electrons. The van der Waals surface area contributed by atoms with Gasteiger partial charge in [0, 0.05) is 19.7 Å². The van der Waals surface area contributed by atoms with Gasteiger partial charge < -0.3 is 14.8 Å². The van der Waals surface area contributed by atoms with Crippen LogP contribution in [0.4, 0.5) is 0 Å². The Hall–Kier alpha value is -0.120. The van der Waals surface area contributed by atoms with Crippen molar-refractivity contribution in [2.24, 2.45) is 5.92 Å². The molecule has 0 spiro atoms. The quantitative estimate of drug-likeness (QED) is 0.710. The summed E-state index contributed by atoms with van der Waals surface area (Å²) >= 11 is 0. The summed E-state index contributed by atoms with van der Waals surface area (Å²) in [5.41, 5.74) is 0. The van der Waals surface area contributed by atoms with E-state index in [0.29, 0.717) is 12.2 Å². The minimum Gasteiger partial charge on any atom is -0.377 e. The second kappa shape index (κ2) is 8.13. The van der Waals surface area contributed by atoms with Gasteiger partial charge in [0.05, 0.1) is 18.8 Å². The summed E-state index contributed by atoms with van der Waals surface area (Å²) in [6.45, 7) is 6.06. The summed E-state index contributed by atoms with van der Waals surface area (Å²) in [5.74, 6) is 0.906. The van der Waals surface area contributed by atoms with Crippen LogP contribution in [0.25, 0.3) is 0 Å². The highest BCUT2D eigenvalue weighted by Crippen LogP contribution is 2.28. The van der Waals surface area contributed by atoms with Crippen LogP contribution < -0.4 is 5.32 Å². The summed E-state index contributed by atoms with van der Waals surface area (Å²) in [6, 6.07) is 0. The lowest BCUT2D eigenvalue weighted by atomic mass is 9.85. The molecule has 1 N–H and O–H groups in total. The van der Waals surface area contributed by atoms with Crippen LogP contribution in [-0.4, -0.2) is 38.5 Å². The SMILES string of the molecule is CCC1CCCC(OCCNCC2CCCO2)C1. The van der Waals surface area contributed by atoms with Gasteiger partial charge in [-0.1, -0.05) is 26.2 Å². The van der Waals surface area contributed by atoms with Gasteiger partial charge in [0.2, 0.25) is 0 Å². The van der Waals surface area contributed by atoms with Crippen LogP contribution in [0.3, 0.4) is 0 Å². The first kappa shape index (κ1) is 14.3. The van der Waals surface area contributed by atoms with E-state index >= 15 is 0 Å². The second-order valence-electron chi connectivity index (χ2n) is 5.77.